The van der Waals surface area contributed by atoms with Gasteiger partial charge in [-0.1, -0.05) is 42.5 Å². The largest absolute Gasteiger partial charge is 0.342 e. The van der Waals surface area contributed by atoms with Crippen molar-refractivity contribution in [3.63, 3.8) is 0 Å². The molecule has 0 amide bonds. The van der Waals surface area contributed by atoms with Crippen molar-refractivity contribution in [2.45, 2.75) is 45.6 Å². The number of hydrogen-bond acceptors (Lipinski definition) is 3. The highest BCUT2D eigenvalue weighted by atomic mass is 31.2. The maximum atomic E-state index is 13.7. The molecule has 0 saturated carbocycles. The van der Waals surface area contributed by atoms with E-state index in [-0.39, 0.29) is 18.0 Å². The van der Waals surface area contributed by atoms with E-state index in [1.807, 2.05) is 58.0 Å². The minimum atomic E-state index is -3.52. The second-order valence-corrected chi connectivity index (χ2v) is 8.23. The first kappa shape index (κ1) is 18.9. The molecule has 0 radical (unpaired) electrons. The fraction of sp³-hybridized carbons (Fsp3) is 0.368. The molecule has 0 spiro atoms. The first-order chi connectivity index (χ1) is 11.3. The lowest BCUT2D eigenvalue weighted by atomic mass is 10.0. The number of hydrogen-bond donors (Lipinski definition) is 0. The zero-order valence-electron chi connectivity index (χ0n) is 14.5. The van der Waals surface area contributed by atoms with Gasteiger partial charge in [0.1, 0.15) is 11.5 Å². The van der Waals surface area contributed by atoms with Crippen molar-refractivity contribution in [3.05, 3.63) is 71.5 Å². The molecular weight excluding hydrogens is 326 g/mol. The Bertz CT molecular complexity index is 670. The molecule has 130 valence electrons. The minimum Gasteiger partial charge on any atom is -0.305 e. The maximum Gasteiger partial charge on any atom is 0.342 e. The lowest BCUT2D eigenvalue weighted by Gasteiger charge is -2.30. The molecular formula is C19H24FO3P. The molecule has 0 saturated heterocycles. The van der Waals surface area contributed by atoms with E-state index in [0.717, 1.165) is 5.56 Å². The zero-order valence-corrected chi connectivity index (χ0v) is 15.4. The Morgan fingerprint density at radius 2 is 1.25 bits per heavy atom. The first-order valence-corrected chi connectivity index (χ1v) is 9.70. The smallest absolute Gasteiger partial charge is 0.305 e. The average Bonchev–Trinajstić information content (AvgIpc) is 2.48. The summed E-state index contributed by atoms with van der Waals surface area (Å²) in [6, 6.07) is 15.4. The van der Waals surface area contributed by atoms with E-state index >= 15 is 0 Å². The third-order valence-corrected chi connectivity index (χ3v) is 5.99. The summed E-state index contributed by atoms with van der Waals surface area (Å²) in [5, 5.41) is 0. The highest BCUT2D eigenvalue weighted by Gasteiger charge is 2.40. The van der Waals surface area contributed by atoms with Crippen LogP contribution in [0.4, 0.5) is 4.39 Å². The molecule has 0 bridgehead atoms. The molecule has 0 aromatic heterocycles. The van der Waals surface area contributed by atoms with Crippen molar-refractivity contribution in [3.8, 4) is 0 Å². The molecule has 0 aliphatic heterocycles. The van der Waals surface area contributed by atoms with E-state index in [1.54, 1.807) is 12.1 Å². The van der Waals surface area contributed by atoms with Crippen molar-refractivity contribution in [2.24, 2.45) is 0 Å². The zero-order chi connectivity index (χ0) is 17.7. The van der Waals surface area contributed by atoms with Crippen LogP contribution in [0, 0.1) is 5.82 Å². The van der Waals surface area contributed by atoms with E-state index in [9.17, 15) is 8.96 Å². The maximum absolute atomic E-state index is 13.7. The Morgan fingerprint density at radius 3 is 1.71 bits per heavy atom. The van der Waals surface area contributed by atoms with Crippen LogP contribution in [-0.2, 0) is 13.6 Å². The van der Waals surface area contributed by atoms with Gasteiger partial charge in [0.25, 0.3) is 0 Å². The van der Waals surface area contributed by atoms with Gasteiger partial charge in [-0.15, -0.1) is 0 Å². The molecule has 0 N–H and O–H groups in total. The Hall–Kier alpha value is -1.48. The summed E-state index contributed by atoms with van der Waals surface area (Å²) in [5.74, 6) is -0.338. The SMILES string of the molecule is CC(C)OP(=O)(OC(C)C)C(c1ccccc1)c1ccc(F)cc1. The third kappa shape index (κ3) is 4.76. The summed E-state index contributed by atoms with van der Waals surface area (Å²) in [5.41, 5.74) is 0.907. The van der Waals surface area contributed by atoms with Crippen molar-refractivity contribution >= 4 is 7.60 Å². The third-order valence-electron chi connectivity index (χ3n) is 3.33. The van der Waals surface area contributed by atoms with E-state index in [2.05, 4.69) is 0 Å². The fourth-order valence-corrected chi connectivity index (χ4v) is 5.12. The van der Waals surface area contributed by atoms with Crippen LogP contribution in [0.15, 0.2) is 54.6 Å². The van der Waals surface area contributed by atoms with E-state index in [1.165, 1.54) is 12.1 Å². The van der Waals surface area contributed by atoms with Gasteiger partial charge in [-0.2, -0.15) is 0 Å². The van der Waals surface area contributed by atoms with Crippen LogP contribution in [0.25, 0.3) is 0 Å². The monoisotopic (exact) mass is 350 g/mol. The topological polar surface area (TPSA) is 35.5 Å². The molecule has 0 aliphatic rings. The molecule has 2 aromatic rings. The second kappa shape index (κ2) is 8.06. The van der Waals surface area contributed by atoms with Crippen molar-refractivity contribution in [2.75, 3.05) is 0 Å². The van der Waals surface area contributed by atoms with Crippen LogP contribution in [0.5, 0.6) is 0 Å². The lowest BCUT2D eigenvalue weighted by molar-refractivity contribution is 0.138. The summed E-state index contributed by atoms with van der Waals surface area (Å²) >= 11 is 0. The van der Waals surface area contributed by atoms with Crippen molar-refractivity contribution in [1.82, 2.24) is 0 Å². The summed E-state index contributed by atoms with van der Waals surface area (Å²) < 4.78 is 38.6. The van der Waals surface area contributed by atoms with Gasteiger partial charge in [0.15, 0.2) is 0 Å². The predicted octanol–water partition coefficient (Wildman–Crippen LogP) is 5.96. The van der Waals surface area contributed by atoms with Gasteiger partial charge in [-0.05, 0) is 51.0 Å². The Labute approximate surface area is 143 Å². The lowest BCUT2D eigenvalue weighted by Crippen LogP contribution is -2.14. The first-order valence-electron chi connectivity index (χ1n) is 8.09. The van der Waals surface area contributed by atoms with Crippen molar-refractivity contribution in [1.29, 1.82) is 0 Å². The number of halogens is 1. The quantitative estimate of drug-likeness (QED) is 0.578. The Balaban J connectivity index is 2.58. The molecule has 1 unspecified atom stereocenters. The van der Waals surface area contributed by atoms with Gasteiger partial charge in [-0.3, -0.25) is 4.57 Å². The summed E-state index contributed by atoms with van der Waals surface area (Å²) in [6.45, 7) is 7.29. The van der Waals surface area contributed by atoms with Gasteiger partial charge < -0.3 is 9.05 Å². The van der Waals surface area contributed by atoms with Crippen LogP contribution in [0.2, 0.25) is 0 Å². The molecule has 2 aromatic carbocycles. The predicted molar refractivity (Wildman–Crippen MR) is 94.7 cm³/mol. The summed E-state index contributed by atoms with van der Waals surface area (Å²) in [7, 11) is -3.52. The van der Waals surface area contributed by atoms with Gasteiger partial charge in [0.2, 0.25) is 0 Å². The Kier molecular flexibility index (Phi) is 6.34. The van der Waals surface area contributed by atoms with Crippen LogP contribution >= 0.6 is 7.60 Å². The standard InChI is InChI=1S/C19H24FO3P/c1-14(2)22-24(21,23-15(3)4)19(16-8-6-5-7-9-16)17-10-12-18(20)13-11-17/h5-15,19H,1-4H3. The van der Waals surface area contributed by atoms with Crippen molar-refractivity contribution < 1.29 is 18.0 Å². The normalized spacial score (nSPS) is 13.5. The van der Waals surface area contributed by atoms with E-state index in [0.29, 0.717) is 5.56 Å². The van der Waals surface area contributed by atoms with Gasteiger partial charge in [-0.25, -0.2) is 4.39 Å². The number of rotatable bonds is 7. The molecule has 2 rings (SSSR count). The van der Waals surface area contributed by atoms with Crippen LogP contribution in [0.1, 0.15) is 44.5 Å². The molecule has 5 heteroatoms. The molecule has 0 aliphatic carbocycles. The van der Waals surface area contributed by atoms with Gasteiger partial charge in [0, 0.05) is 0 Å². The van der Waals surface area contributed by atoms with E-state index in [4.69, 9.17) is 9.05 Å². The van der Waals surface area contributed by atoms with Crippen LogP contribution in [0.3, 0.4) is 0 Å². The fourth-order valence-electron chi connectivity index (χ4n) is 2.57. The van der Waals surface area contributed by atoms with Gasteiger partial charge >= 0.3 is 7.60 Å². The van der Waals surface area contributed by atoms with Crippen LogP contribution < -0.4 is 0 Å². The highest BCUT2D eigenvalue weighted by molar-refractivity contribution is 7.54. The molecule has 24 heavy (non-hydrogen) atoms. The Morgan fingerprint density at radius 1 is 0.792 bits per heavy atom. The minimum absolute atomic E-state index is 0.263. The van der Waals surface area contributed by atoms with E-state index < -0.39 is 13.3 Å². The second-order valence-electron chi connectivity index (χ2n) is 6.21. The summed E-state index contributed by atoms with van der Waals surface area (Å²) in [6.07, 6.45) is -0.525. The van der Waals surface area contributed by atoms with Crippen LogP contribution in [-0.4, -0.2) is 12.2 Å². The molecule has 3 nitrogen and oxygen atoms in total. The molecule has 0 fully saturated rings. The number of benzene rings is 2. The van der Waals surface area contributed by atoms with Gasteiger partial charge in [0.05, 0.1) is 12.2 Å². The highest BCUT2D eigenvalue weighted by Crippen LogP contribution is 2.64. The molecule has 0 heterocycles. The average molecular weight is 350 g/mol. The molecule has 1 atom stereocenters. The summed E-state index contributed by atoms with van der Waals surface area (Å²) in [4.78, 5) is 0.